The molecular formula is C21H21NO3. The Labute approximate surface area is 146 Å². The van der Waals surface area contributed by atoms with Crippen LogP contribution in [0.2, 0.25) is 0 Å². The number of carbonyl (C=O) groups excluding carboxylic acids is 1. The van der Waals surface area contributed by atoms with Crippen molar-refractivity contribution in [1.29, 1.82) is 0 Å². The summed E-state index contributed by atoms with van der Waals surface area (Å²) < 4.78 is 5.22. The van der Waals surface area contributed by atoms with Crippen molar-refractivity contribution in [2.24, 2.45) is 0 Å². The van der Waals surface area contributed by atoms with Crippen LogP contribution in [0.4, 0.5) is 0 Å². The van der Waals surface area contributed by atoms with E-state index >= 15 is 0 Å². The van der Waals surface area contributed by atoms with Gasteiger partial charge in [0.15, 0.2) is 0 Å². The van der Waals surface area contributed by atoms with Gasteiger partial charge >= 0.3 is 0 Å². The average Bonchev–Trinajstić information content (AvgIpc) is 3.06. The number of aliphatic hydroxyl groups is 1. The van der Waals surface area contributed by atoms with Crippen LogP contribution in [-0.4, -0.2) is 35.1 Å². The Bertz CT molecular complexity index is 914. The van der Waals surface area contributed by atoms with Gasteiger partial charge in [0.05, 0.1) is 17.9 Å². The predicted molar refractivity (Wildman–Crippen MR) is 96.7 cm³/mol. The maximum Gasteiger partial charge on any atom is 0.257 e. The first kappa shape index (κ1) is 15.9. The molecule has 1 N–H and O–H groups in total. The third-order valence-electron chi connectivity index (χ3n) is 5.16. The third-order valence-corrected chi connectivity index (χ3v) is 5.16. The minimum atomic E-state index is -0.564. The second kappa shape index (κ2) is 6.37. The summed E-state index contributed by atoms with van der Waals surface area (Å²) >= 11 is 0. The Hall–Kier alpha value is -2.59. The van der Waals surface area contributed by atoms with E-state index in [0.29, 0.717) is 24.4 Å². The predicted octanol–water partition coefficient (Wildman–Crippen LogP) is 3.73. The molecule has 25 heavy (non-hydrogen) atoms. The second-order valence-corrected chi connectivity index (χ2v) is 6.71. The van der Waals surface area contributed by atoms with Crippen LogP contribution in [0.5, 0.6) is 0 Å². The molecule has 1 saturated heterocycles. The number of nitrogens with zero attached hydrogens (tertiary/aromatic N) is 1. The molecule has 3 aromatic rings. The Morgan fingerprint density at radius 1 is 1.16 bits per heavy atom. The summed E-state index contributed by atoms with van der Waals surface area (Å²) in [5.74, 6) is 0.609. The van der Waals surface area contributed by atoms with E-state index in [1.807, 2.05) is 12.1 Å². The molecule has 0 saturated carbocycles. The number of likely N-dealkylation sites (tertiary alicyclic amines) is 1. The molecule has 0 bridgehead atoms. The summed E-state index contributed by atoms with van der Waals surface area (Å²) in [6, 6.07) is 16.3. The largest absolute Gasteiger partial charge is 0.469 e. The molecule has 1 aliphatic rings. The number of piperidine rings is 1. The first-order valence-electron chi connectivity index (χ1n) is 8.63. The average molecular weight is 335 g/mol. The van der Waals surface area contributed by atoms with Gasteiger partial charge in [0.25, 0.3) is 5.91 Å². The van der Waals surface area contributed by atoms with Gasteiger partial charge in [-0.2, -0.15) is 0 Å². The highest BCUT2D eigenvalue weighted by molar-refractivity contribution is 5.95. The number of benzene rings is 2. The van der Waals surface area contributed by atoms with Crippen LogP contribution in [0, 0.1) is 6.92 Å². The number of amides is 1. The molecule has 2 aromatic carbocycles. The van der Waals surface area contributed by atoms with Crippen molar-refractivity contribution in [3.63, 3.8) is 0 Å². The minimum Gasteiger partial charge on any atom is -0.469 e. The smallest absolute Gasteiger partial charge is 0.257 e. The highest BCUT2D eigenvalue weighted by Crippen LogP contribution is 2.31. The zero-order chi connectivity index (χ0) is 17.4. The lowest BCUT2D eigenvalue weighted by molar-refractivity contribution is 0.0381. The topological polar surface area (TPSA) is 53.7 Å². The van der Waals surface area contributed by atoms with Gasteiger partial charge in [0.1, 0.15) is 5.76 Å². The molecule has 0 spiro atoms. The number of hydrogen-bond donors (Lipinski definition) is 1. The minimum absolute atomic E-state index is 0.0547. The number of β-amino-alcohol motifs (C(OH)–C–C–N with tert-alkyl or cyclic N) is 1. The van der Waals surface area contributed by atoms with Crippen molar-refractivity contribution >= 4 is 16.7 Å². The molecule has 0 radical (unpaired) electrons. The Kier molecular flexibility index (Phi) is 4.06. The van der Waals surface area contributed by atoms with Crippen LogP contribution in [0.25, 0.3) is 10.8 Å². The molecule has 0 unspecified atom stereocenters. The molecule has 4 nitrogen and oxygen atoms in total. The highest BCUT2D eigenvalue weighted by Gasteiger charge is 2.32. The van der Waals surface area contributed by atoms with E-state index in [1.165, 1.54) is 17.0 Å². The highest BCUT2D eigenvalue weighted by atomic mass is 16.3. The van der Waals surface area contributed by atoms with E-state index in [9.17, 15) is 9.90 Å². The number of carbonyl (C=O) groups is 1. The van der Waals surface area contributed by atoms with E-state index in [1.54, 1.807) is 17.9 Å². The van der Waals surface area contributed by atoms with E-state index in [2.05, 4.69) is 30.3 Å². The summed E-state index contributed by atoms with van der Waals surface area (Å²) in [7, 11) is 0. The van der Waals surface area contributed by atoms with Gasteiger partial charge < -0.3 is 14.4 Å². The zero-order valence-electron chi connectivity index (χ0n) is 14.2. The molecule has 2 atom stereocenters. The summed E-state index contributed by atoms with van der Waals surface area (Å²) in [5.41, 5.74) is 1.72. The van der Waals surface area contributed by atoms with Crippen LogP contribution in [0.1, 0.15) is 34.0 Å². The van der Waals surface area contributed by atoms with Gasteiger partial charge in [-0.1, -0.05) is 42.5 Å². The van der Waals surface area contributed by atoms with Gasteiger partial charge in [-0.05, 0) is 35.7 Å². The Balaban J connectivity index is 1.53. The van der Waals surface area contributed by atoms with E-state index < -0.39 is 6.10 Å². The Morgan fingerprint density at radius 3 is 2.68 bits per heavy atom. The molecule has 1 aliphatic heterocycles. The molecule has 0 aliphatic carbocycles. The fraction of sp³-hybridized carbons (Fsp3) is 0.286. The van der Waals surface area contributed by atoms with Crippen molar-refractivity contribution in [3.8, 4) is 0 Å². The van der Waals surface area contributed by atoms with Crippen LogP contribution in [0.15, 0.2) is 59.2 Å². The summed E-state index contributed by atoms with van der Waals surface area (Å²) in [6.07, 6.45) is 1.72. The lowest BCUT2D eigenvalue weighted by atomic mass is 9.86. The van der Waals surface area contributed by atoms with Gasteiger partial charge in [-0.25, -0.2) is 0 Å². The quantitative estimate of drug-likeness (QED) is 0.776. The van der Waals surface area contributed by atoms with Gasteiger partial charge in [0.2, 0.25) is 0 Å². The number of aliphatic hydroxyl groups excluding tert-OH is 1. The first-order valence-corrected chi connectivity index (χ1v) is 8.63. The lowest BCUT2D eigenvalue weighted by Gasteiger charge is -2.36. The molecule has 1 amide bonds. The first-order chi connectivity index (χ1) is 12.1. The van der Waals surface area contributed by atoms with Gasteiger partial charge in [-0.15, -0.1) is 0 Å². The number of furan rings is 1. The molecule has 1 fully saturated rings. The second-order valence-electron chi connectivity index (χ2n) is 6.71. The van der Waals surface area contributed by atoms with Crippen molar-refractivity contribution in [3.05, 3.63) is 71.7 Å². The van der Waals surface area contributed by atoms with E-state index in [-0.39, 0.29) is 11.8 Å². The molecule has 4 heteroatoms. The normalized spacial score (nSPS) is 20.8. The molecular weight excluding hydrogens is 314 g/mol. The fourth-order valence-corrected chi connectivity index (χ4v) is 3.72. The maximum atomic E-state index is 12.6. The number of aryl methyl sites for hydroxylation is 1. The third kappa shape index (κ3) is 2.94. The maximum absolute atomic E-state index is 12.6. The monoisotopic (exact) mass is 335 g/mol. The molecule has 128 valence electrons. The summed E-state index contributed by atoms with van der Waals surface area (Å²) in [5, 5.41) is 13.0. The number of rotatable bonds is 2. The Morgan fingerprint density at radius 2 is 1.96 bits per heavy atom. The van der Waals surface area contributed by atoms with E-state index in [0.717, 1.165) is 12.0 Å². The van der Waals surface area contributed by atoms with Crippen molar-refractivity contribution < 1.29 is 14.3 Å². The van der Waals surface area contributed by atoms with Crippen molar-refractivity contribution in [1.82, 2.24) is 4.90 Å². The van der Waals surface area contributed by atoms with Crippen LogP contribution in [-0.2, 0) is 0 Å². The lowest BCUT2D eigenvalue weighted by Crippen LogP contribution is -2.45. The van der Waals surface area contributed by atoms with Crippen molar-refractivity contribution in [2.45, 2.75) is 25.4 Å². The molecule has 2 heterocycles. The number of hydrogen-bond acceptors (Lipinski definition) is 3. The van der Waals surface area contributed by atoms with Crippen molar-refractivity contribution in [2.75, 3.05) is 13.1 Å². The standard InChI is InChI=1S/C21H21NO3/c1-14-18(9-11-25-14)21(24)22-10-8-19(20(23)13-22)17-7-6-15-4-2-3-5-16(15)12-17/h2-7,9,11-12,19-20,23H,8,10,13H2,1H3/t19-,20+/m0/s1. The summed E-state index contributed by atoms with van der Waals surface area (Å²) in [6.45, 7) is 2.77. The van der Waals surface area contributed by atoms with Gasteiger partial charge in [-0.3, -0.25) is 4.79 Å². The van der Waals surface area contributed by atoms with Crippen LogP contribution >= 0.6 is 0 Å². The van der Waals surface area contributed by atoms with Crippen LogP contribution in [0.3, 0.4) is 0 Å². The van der Waals surface area contributed by atoms with E-state index in [4.69, 9.17) is 4.42 Å². The SMILES string of the molecule is Cc1occc1C(=O)N1CC[C@@H](c2ccc3ccccc3c2)[C@H](O)C1. The van der Waals surface area contributed by atoms with Crippen LogP contribution < -0.4 is 0 Å². The number of fused-ring (bicyclic) bond motifs is 1. The summed E-state index contributed by atoms with van der Waals surface area (Å²) in [4.78, 5) is 14.3. The van der Waals surface area contributed by atoms with Gasteiger partial charge in [0, 0.05) is 19.0 Å². The molecule has 1 aromatic heterocycles. The molecule has 4 rings (SSSR count). The zero-order valence-corrected chi connectivity index (χ0v) is 14.2. The fourth-order valence-electron chi connectivity index (χ4n) is 3.72.